The third-order valence-corrected chi connectivity index (χ3v) is 11.5. The van der Waals surface area contributed by atoms with E-state index in [1.807, 2.05) is 31.2 Å². The summed E-state index contributed by atoms with van der Waals surface area (Å²) >= 11 is 0. The molecule has 1 fully saturated rings. The number of amides is 1. The van der Waals surface area contributed by atoms with E-state index in [1.165, 1.54) is 6.08 Å². The first-order chi connectivity index (χ1) is 14.2. The van der Waals surface area contributed by atoms with Crippen molar-refractivity contribution in [3.8, 4) is 24.3 Å². The average Bonchev–Trinajstić information content (AvgIpc) is 2.66. The molecule has 2 rings (SSSR count). The molecule has 8 heteroatoms. The molecule has 160 valence electrons. The zero-order valence-electron chi connectivity index (χ0n) is 18.8. The van der Waals surface area contributed by atoms with Crippen LogP contribution in [0, 0.1) is 62.1 Å². The van der Waals surface area contributed by atoms with Crippen molar-refractivity contribution in [2.75, 3.05) is 0 Å². The quantitative estimate of drug-likeness (QED) is 0.531. The highest BCUT2D eigenvalue weighted by Gasteiger charge is 2.63. The molecule has 0 aromatic carbocycles. The van der Waals surface area contributed by atoms with Gasteiger partial charge < -0.3 is 9.74 Å². The monoisotopic (exact) mass is 433 g/mol. The van der Waals surface area contributed by atoms with Crippen molar-refractivity contribution >= 4 is 14.2 Å². The Morgan fingerprint density at radius 2 is 1.58 bits per heavy atom. The van der Waals surface area contributed by atoms with Gasteiger partial charge in [0, 0.05) is 0 Å². The van der Waals surface area contributed by atoms with Gasteiger partial charge in [-0.15, -0.1) is 0 Å². The van der Waals surface area contributed by atoms with Gasteiger partial charge in [-0.25, -0.2) is 0 Å². The van der Waals surface area contributed by atoms with Gasteiger partial charge in [-0.05, 0) is 41.8 Å². The highest BCUT2D eigenvalue weighted by Crippen LogP contribution is 2.55. The summed E-state index contributed by atoms with van der Waals surface area (Å²) in [5, 5.41) is 42.0. The molecule has 0 radical (unpaired) electrons. The van der Waals surface area contributed by atoms with E-state index in [9.17, 15) is 25.8 Å². The smallest absolute Gasteiger partial charge is 0.228 e. The van der Waals surface area contributed by atoms with Crippen LogP contribution >= 0.6 is 0 Å². The molecule has 3 atom stereocenters. The van der Waals surface area contributed by atoms with E-state index >= 15 is 0 Å². The van der Waals surface area contributed by atoms with E-state index in [2.05, 4.69) is 52.3 Å². The summed E-state index contributed by atoms with van der Waals surface area (Å²) in [6, 6.07) is 6.74. The number of nitriles is 4. The molecule has 1 amide bonds. The molecule has 1 heterocycles. The third-order valence-electron chi connectivity index (χ3n) is 6.93. The lowest BCUT2D eigenvalue weighted by Gasteiger charge is -2.48. The molecule has 31 heavy (non-hydrogen) atoms. The van der Waals surface area contributed by atoms with Crippen molar-refractivity contribution in [1.82, 2.24) is 5.32 Å². The minimum Gasteiger partial charge on any atom is -0.413 e. The fourth-order valence-electron chi connectivity index (χ4n) is 3.87. The van der Waals surface area contributed by atoms with Crippen LogP contribution in [0.3, 0.4) is 0 Å². The molecule has 1 N–H and O–H groups in total. The first-order valence-corrected chi connectivity index (χ1v) is 12.8. The van der Waals surface area contributed by atoms with Crippen LogP contribution in [0.25, 0.3) is 0 Å². The topological polar surface area (TPSA) is 133 Å². The van der Waals surface area contributed by atoms with Gasteiger partial charge in [0.2, 0.25) is 16.7 Å². The number of rotatable bonds is 4. The molecular weight excluding hydrogens is 406 g/mol. The van der Waals surface area contributed by atoms with Gasteiger partial charge in [-0.1, -0.05) is 40.0 Å². The van der Waals surface area contributed by atoms with E-state index in [-0.39, 0.29) is 22.1 Å². The molecule has 1 aliphatic heterocycles. The number of carbonyl (C=O) groups excluding carboxylic acids is 1. The van der Waals surface area contributed by atoms with Gasteiger partial charge in [-0.2, -0.15) is 21.0 Å². The van der Waals surface area contributed by atoms with Crippen LogP contribution in [0.1, 0.15) is 27.7 Å². The Bertz CT molecular complexity index is 1020. The minimum absolute atomic E-state index is 0.0286. The van der Waals surface area contributed by atoms with Crippen molar-refractivity contribution in [3.63, 3.8) is 0 Å². The van der Waals surface area contributed by atoms with Crippen LogP contribution < -0.4 is 5.32 Å². The molecule has 0 spiro atoms. The van der Waals surface area contributed by atoms with E-state index in [0.29, 0.717) is 5.57 Å². The number of hydrogen-bond acceptors (Lipinski definition) is 6. The molecule has 1 saturated heterocycles. The van der Waals surface area contributed by atoms with Gasteiger partial charge in [0.25, 0.3) is 0 Å². The molecule has 0 aromatic heterocycles. The first kappa shape index (κ1) is 24.1. The lowest BCUT2D eigenvalue weighted by Crippen LogP contribution is -2.65. The van der Waals surface area contributed by atoms with Crippen LogP contribution in [0.15, 0.2) is 36.0 Å². The number of carbonyl (C=O) groups is 1. The van der Waals surface area contributed by atoms with Crippen molar-refractivity contribution in [2.45, 2.75) is 58.0 Å². The van der Waals surface area contributed by atoms with Gasteiger partial charge in [0.05, 0.1) is 42.3 Å². The van der Waals surface area contributed by atoms with Crippen molar-refractivity contribution in [3.05, 3.63) is 36.0 Å². The Hall–Kier alpha value is -3.17. The summed E-state index contributed by atoms with van der Waals surface area (Å²) in [5.41, 5.74) is -3.73. The van der Waals surface area contributed by atoms with Gasteiger partial charge in [-0.3, -0.25) is 4.79 Å². The maximum absolute atomic E-state index is 12.5. The Kier molecular flexibility index (Phi) is 5.84. The summed E-state index contributed by atoms with van der Waals surface area (Å²) in [6.07, 6.45) is 1.08. The van der Waals surface area contributed by atoms with Crippen molar-refractivity contribution < 1.29 is 9.22 Å². The Labute approximate surface area is 185 Å². The number of allylic oxidation sites excluding steroid dienone is 2. The predicted octanol–water partition coefficient (Wildman–Crippen LogP) is 3.63. The highest BCUT2D eigenvalue weighted by molar-refractivity contribution is 6.74. The van der Waals surface area contributed by atoms with Gasteiger partial charge in [0.15, 0.2) is 8.32 Å². The lowest BCUT2D eigenvalue weighted by atomic mass is 9.53. The number of nitrogens with zero attached hydrogens (tertiary/aromatic N) is 4. The lowest BCUT2D eigenvalue weighted by molar-refractivity contribution is -0.138. The number of nitrogens with one attached hydrogen (secondary N) is 1. The fourth-order valence-corrected chi connectivity index (χ4v) is 5.30. The fraction of sp³-hybridized carbons (Fsp3) is 0.522. The molecule has 0 bridgehead atoms. The Morgan fingerprint density at radius 1 is 1.10 bits per heavy atom. The normalized spacial score (nSPS) is 25.5. The predicted molar refractivity (Wildman–Crippen MR) is 117 cm³/mol. The molecule has 0 aromatic rings. The SMILES string of the molecule is C=C1C=C([C@H]2NC(=O)[C@@H]2C(C)O[Si](C)(C)C(C)(C)C)C(=C)C(C#N)(C#N)C1(C#N)C#N. The molecule has 2 aliphatic rings. The maximum Gasteiger partial charge on any atom is 0.228 e. The van der Waals surface area contributed by atoms with E-state index in [1.54, 1.807) is 0 Å². The molecule has 0 saturated carbocycles. The van der Waals surface area contributed by atoms with E-state index < -0.39 is 37.2 Å². The summed E-state index contributed by atoms with van der Waals surface area (Å²) in [6.45, 7) is 20.1. The number of β-lactam (4-membered cyclic amide) rings is 1. The summed E-state index contributed by atoms with van der Waals surface area (Å²) < 4.78 is 6.41. The summed E-state index contributed by atoms with van der Waals surface area (Å²) in [5.74, 6) is -0.760. The first-order valence-electron chi connectivity index (χ1n) is 9.93. The van der Waals surface area contributed by atoms with Crippen LogP contribution in [-0.4, -0.2) is 26.4 Å². The zero-order chi connectivity index (χ0) is 24.0. The summed E-state index contributed by atoms with van der Waals surface area (Å²) in [4.78, 5) is 12.5. The van der Waals surface area contributed by atoms with Crippen LogP contribution in [0.4, 0.5) is 0 Å². The minimum atomic E-state index is -2.16. The zero-order valence-corrected chi connectivity index (χ0v) is 19.8. The van der Waals surface area contributed by atoms with Crippen molar-refractivity contribution in [2.24, 2.45) is 16.7 Å². The van der Waals surface area contributed by atoms with Crippen LogP contribution in [0.2, 0.25) is 18.1 Å². The van der Waals surface area contributed by atoms with E-state index in [0.717, 1.165) is 0 Å². The Morgan fingerprint density at radius 3 is 1.97 bits per heavy atom. The van der Waals surface area contributed by atoms with Crippen molar-refractivity contribution in [1.29, 1.82) is 21.0 Å². The largest absolute Gasteiger partial charge is 0.413 e. The second-order valence-electron chi connectivity index (χ2n) is 9.65. The molecule has 7 nitrogen and oxygen atoms in total. The molecular formula is C23H27N5O2Si. The highest BCUT2D eigenvalue weighted by atomic mass is 28.4. The molecule has 1 unspecified atom stereocenters. The second-order valence-corrected chi connectivity index (χ2v) is 14.4. The average molecular weight is 434 g/mol. The Balaban J connectivity index is 2.51. The van der Waals surface area contributed by atoms with Crippen LogP contribution in [-0.2, 0) is 9.22 Å². The van der Waals surface area contributed by atoms with Crippen LogP contribution in [0.5, 0.6) is 0 Å². The molecule has 1 aliphatic carbocycles. The van der Waals surface area contributed by atoms with Gasteiger partial charge >= 0.3 is 0 Å². The van der Waals surface area contributed by atoms with Gasteiger partial charge in [0.1, 0.15) is 0 Å². The third kappa shape index (κ3) is 3.21. The maximum atomic E-state index is 12.5. The summed E-state index contributed by atoms with van der Waals surface area (Å²) in [7, 11) is -2.16. The standard InChI is InChI=1S/C23H27N5O2Si/c1-14-9-17(15(2)23(12-26,13-27)22(14,10-24)11-25)19-18(20(29)28-19)16(3)30-31(7,8)21(4,5)6/h9,16,18-19H,1-2H2,3-8H3,(H,28,29)/t16?,18-,19-/m1/s1. The number of hydrogen-bond donors (Lipinski definition) is 1. The second kappa shape index (κ2) is 7.51. The van der Waals surface area contributed by atoms with E-state index in [4.69, 9.17) is 4.43 Å².